The Morgan fingerprint density at radius 1 is 1.24 bits per heavy atom. The lowest BCUT2D eigenvalue weighted by atomic mass is 10.1. The van der Waals surface area contributed by atoms with Crippen molar-refractivity contribution in [2.24, 2.45) is 0 Å². The van der Waals surface area contributed by atoms with E-state index in [1.54, 1.807) is 17.8 Å². The van der Waals surface area contributed by atoms with Crippen LogP contribution in [0.15, 0.2) is 41.3 Å². The van der Waals surface area contributed by atoms with Crippen molar-refractivity contribution in [2.75, 3.05) is 6.61 Å². The van der Waals surface area contributed by atoms with Gasteiger partial charge >= 0.3 is 5.97 Å². The van der Waals surface area contributed by atoms with E-state index >= 15 is 0 Å². The van der Waals surface area contributed by atoms with Crippen LogP contribution in [0, 0.1) is 0 Å². The van der Waals surface area contributed by atoms with Gasteiger partial charge in [0.05, 0.1) is 12.3 Å². The Bertz CT molecular complexity index is 692. The molecule has 21 heavy (non-hydrogen) atoms. The molecule has 0 saturated heterocycles. The predicted octanol–water partition coefficient (Wildman–Crippen LogP) is 2.36. The van der Waals surface area contributed by atoms with E-state index in [1.165, 1.54) is 6.07 Å². The lowest BCUT2D eigenvalue weighted by Crippen LogP contribution is -2.22. The zero-order valence-corrected chi connectivity index (χ0v) is 12.2. The smallest absolute Gasteiger partial charge is 0.362 e. The minimum atomic E-state index is -0.690. The molecule has 2 aromatic rings. The summed E-state index contributed by atoms with van der Waals surface area (Å²) in [6, 6.07) is 9.13. The SMILES string of the molecule is CCCc1ccccc1-n1ccc(=O)c(C(=O)OCC)n1. The molecule has 2 rings (SSSR count). The van der Waals surface area contributed by atoms with Gasteiger partial charge in [0.25, 0.3) is 0 Å². The number of rotatable bonds is 5. The van der Waals surface area contributed by atoms with Gasteiger partial charge in [-0.1, -0.05) is 31.5 Å². The van der Waals surface area contributed by atoms with Crippen LogP contribution in [0.4, 0.5) is 0 Å². The van der Waals surface area contributed by atoms with Crippen molar-refractivity contribution >= 4 is 5.97 Å². The quantitative estimate of drug-likeness (QED) is 0.792. The predicted molar refractivity (Wildman–Crippen MR) is 79.8 cm³/mol. The highest BCUT2D eigenvalue weighted by Crippen LogP contribution is 2.14. The van der Waals surface area contributed by atoms with E-state index in [0.717, 1.165) is 24.1 Å². The van der Waals surface area contributed by atoms with Gasteiger partial charge in [-0.25, -0.2) is 9.48 Å². The molecule has 110 valence electrons. The second-order valence-corrected chi connectivity index (χ2v) is 4.57. The summed E-state index contributed by atoms with van der Waals surface area (Å²) >= 11 is 0. The summed E-state index contributed by atoms with van der Waals surface area (Å²) < 4.78 is 6.42. The third kappa shape index (κ3) is 3.37. The Hall–Kier alpha value is -2.43. The first-order chi connectivity index (χ1) is 10.2. The number of carbonyl (C=O) groups is 1. The molecule has 1 aromatic carbocycles. The van der Waals surface area contributed by atoms with E-state index in [-0.39, 0.29) is 12.3 Å². The average molecular weight is 286 g/mol. The molecule has 0 atom stereocenters. The van der Waals surface area contributed by atoms with Crippen LogP contribution in [0.25, 0.3) is 5.69 Å². The van der Waals surface area contributed by atoms with Crippen molar-refractivity contribution in [1.29, 1.82) is 0 Å². The average Bonchev–Trinajstić information content (AvgIpc) is 2.49. The molecule has 0 saturated carbocycles. The Morgan fingerprint density at radius 3 is 2.71 bits per heavy atom. The number of nitrogens with zero attached hydrogens (tertiary/aromatic N) is 2. The lowest BCUT2D eigenvalue weighted by molar-refractivity contribution is 0.0515. The Labute approximate surface area is 123 Å². The summed E-state index contributed by atoms with van der Waals surface area (Å²) in [5, 5.41) is 4.13. The zero-order valence-electron chi connectivity index (χ0n) is 12.2. The van der Waals surface area contributed by atoms with Gasteiger partial charge in [-0.3, -0.25) is 4.79 Å². The van der Waals surface area contributed by atoms with Crippen molar-refractivity contribution in [2.45, 2.75) is 26.7 Å². The summed E-state index contributed by atoms with van der Waals surface area (Å²) in [5.41, 5.74) is 1.36. The number of benzene rings is 1. The van der Waals surface area contributed by atoms with Crippen LogP contribution in [0.3, 0.4) is 0 Å². The fraction of sp³-hybridized carbons (Fsp3) is 0.312. The first-order valence-electron chi connectivity index (χ1n) is 7.02. The van der Waals surface area contributed by atoms with Crippen LogP contribution < -0.4 is 5.43 Å². The molecule has 1 aromatic heterocycles. The summed E-state index contributed by atoms with van der Waals surface area (Å²) in [4.78, 5) is 23.5. The molecule has 0 bridgehead atoms. The van der Waals surface area contributed by atoms with Crippen molar-refractivity contribution in [1.82, 2.24) is 9.78 Å². The molecule has 1 heterocycles. The van der Waals surface area contributed by atoms with Crippen LogP contribution in [-0.4, -0.2) is 22.4 Å². The summed E-state index contributed by atoms with van der Waals surface area (Å²) in [7, 11) is 0. The molecule has 0 fully saturated rings. The summed E-state index contributed by atoms with van der Waals surface area (Å²) in [6.45, 7) is 4.00. The van der Waals surface area contributed by atoms with Gasteiger partial charge < -0.3 is 4.74 Å². The Balaban J connectivity index is 2.48. The first-order valence-corrected chi connectivity index (χ1v) is 7.02. The molecule has 0 amide bonds. The number of esters is 1. The van der Waals surface area contributed by atoms with Crippen molar-refractivity contribution < 1.29 is 9.53 Å². The Kier molecular flexibility index (Phi) is 4.87. The van der Waals surface area contributed by atoms with E-state index < -0.39 is 11.4 Å². The monoisotopic (exact) mass is 286 g/mol. The summed E-state index contributed by atoms with van der Waals surface area (Å²) in [5.74, 6) is -0.690. The number of aryl methyl sites for hydroxylation is 1. The second-order valence-electron chi connectivity index (χ2n) is 4.57. The van der Waals surface area contributed by atoms with E-state index in [0.29, 0.717) is 0 Å². The second kappa shape index (κ2) is 6.83. The highest BCUT2D eigenvalue weighted by Gasteiger charge is 2.15. The molecule has 5 heteroatoms. The van der Waals surface area contributed by atoms with Gasteiger partial charge in [-0.2, -0.15) is 5.10 Å². The largest absolute Gasteiger partial charge is 0.461 e. The number of carbonyl (C=O) groups excluding carboxylic acids is 1. The highest BCUT2D eigenvalue weighted by atomic mass is 16.5. The molecule has 0 radical (unpaired) electrons. The molecule has 0 unspecified atom stereocenters. The van der Waals surface area contributed by atoms with Crippen LogP contribution in [-0.2, 0) is 11.2 Å². The molecule has 0 N–H and O–H groups in total. The van der Waals surface area contributed by atoms with Crippen LogP contribution >= 0.6 is 0 Å². The van der Waals surface area contributed by atoms with Crippen LogP contribution in [0.2, 0.25) is 0 Å². The molecular formula is C16H18N2O3. The standard InChI is InChI=1S/C16H18N2O3/c1-3-7-12-8-5-6-9-13(12)18-11-10-14(19)15(17-18)16(20)21-4-2/h5-6,8-11H,3-4,7H2,1-2H3. The maximum atomic E-state index is 11.8. The van der Waals surface area contributed by atoms with E-state index in [1.807, 2.05) is 24.3 Å². The molecule has 0 aliphatic rings. The van der Waals surface area contributed by atoms with Crippen LogP contribution in [0.1, 0.15) is 36.3 Å². The van der Waals surface area contributed by atoms with E-state index in [2.05, 4.69) is 12.0 Å². The van der Waals surface area contributed by atoms with Gasteiger partial charge in [0.2, 0.25) is 11.1 Å². The summed E-state index contributed by atoms with van der Waals surface area (Å²) in [6.07, 6.45) is 3.47. The first kappa shape index (κ1) is 15.0. The van der Waals surface area contributed by atoms with Gasteiger partial charge in [-0.15, -0.1) is 0 Å². The van der Waals surface area contributed by atoms with Crippen LogP contribution in [0.5, 0.6) is 0 Å². The number of aromatic nitrogens is 2. The molecule has 0 spiro atoms. The molecular weight excluding hydrogens is 268 g/mol. The molecule has 5 nitrogen and oxygen atoms in total. The maximum absolute atomic E-state index is 11.8. The van der Waals surface area contributed by atoms with E-state index in [9.17, 15) is 9.59 Å². The fourth-order valence-electron chi connectivity index (χ4n) is 2.10. The minimum Gasteiger partial charge on any atom is -0.461 e. The van der Waals surface area contributed by atoms with E-state index in [4.69, 9.17) is 4.74 Å². The van der Waals surface area contributed by atoms with Crippen molar-refractivity contribution in [3.63, 3.8) is 0 Å². The maximum Gasteiger partial charge on any atom is 0.362 e. The minimum absolute atomic E-state index is 0.189. The number of para-hydroxylation sites is 1. The lowest BCUT2D eigenvalue weighted by Gasteiger charge is -2.11. The normalized spacial score (nSPS) is 10.4. The third-order valence-electron chi connectivity index (χ3n) is 3.03. The van der Waals surface area contributed by atoms with Gasteiger partial charge in [0, 0.05) is 12.3 Å². The number of hydrogen-bond donors (Lipinski definition) is 0. The zero-order chi connectivity index (χ0) is 15.2. The molecule has 0 aliphatic carbocycles. The van der Waals surface area contributed by atoms with Gasteiger partial charge in [0.15, 0.2) is 0 Å². The van der Waals surface area contributed by atoms with Gasteiger partial charge in [-0.05, 0) is 25.0 Å². The number of hydrogen-bond acceptors (Lipinski definition) is 4. The number of ether oxygens (including phenoxy) is 1. The Morgan fingerprint density at radius 2 is 2.00 bits per heavy atom. The highest BCUT2D eigenvalue weighted by molar-refractivity contribution is 5.86. The fourth-order valence-corrected chi connectivity index (χ4v) is 2.10. The van der Waals surface area contributed by atoms with Crippen molar-refractivity contribution in [3.8, 4) is 5.69 Å². The molecule has 0 aliphatic heterocycles. The van der Waals surface area contributed by atoms with Gasteiger partial charge in [0.1, 0.15) is 0 Å². The topological polar surface area (TPSA) is 61.2 Å². The van der Waals surface area contributed by atoms with Crippen molar-refractivity contribution in [3.05, 3.63) is 58.0 Å². The third-order valence-corrected chi connectivity index (χ3v) is 3.03.